The third-order valence-corrected chi connectivity index (χ3v) is 3.36. The minimum atomic E-state index is -3.64. The highest BCUT2D eigenvalue weighted by molar-refractivity contribution is 7.89. The average molecular weight is 266 g/mol. The smallest absolute Gasteiger partial charge is 0.238 e. The molecule has 0 aliphatic rings. The molecule has 96 valence electrons. The summed E-state index contributed by atoms with van der Waals surface area (Å²) >= 11 is 0. The molecule has 0 radical (unpaired) electrons. The lowest BCUT2D eigenvalue weighted by molar-refractivity contribution is 0.598. The van der Waals surface area contributed by atoms with Crippen molar-refractivity contribution >= 4 is 21.4 Å². The number of hydrogen-bond donors (Lipinski definition) is 2. The predicted molar refractivity (Wildman–Crippen MR) is 69.0 cm³/mol. The van der Waals surface area contributed by atoms with Gasteiger partial charge >= 0.3 is 0 Å². The second kappa shape index (κ2) is 4.79. The molecule has 0 fully saturated rings. The van der Waals surface area contributed by atoms with Gasteiger partial charge in [0, 0.05) is 18.4 Å². The first kappa shape index (κ1) is 12.6. The van der Waals surface area contributed by atoms with Crippen LogP contribution in [0.15, 0.2) is 41.6 Å². The Balaban J connectivity index is 2.15. The molecule has 0 unspecified atom stereocenters. The highest BCUT2D eigenvalue weighted by atomic mass is 32.2. The number of benzene rings is 1. The van der Waals surface area contributed by atoms with Crippen molar-refractivity contribution in [1.82, 2.24) is 9.78 Å². The maximum absolute atomic E-state index is 11.1. The van der Waals surface area contributed by atoms with E-state index in [1.807, 2.05) is 13.1 Å². The van der Waals surface area contributed by atoms with Crippen LogP contribution in [-0.2, 0) is 16.6 Å². The highest BCUT2D eigenvalue weighted by Crippen LogP contribution is 2.17. The lowest BCUT2D eigenvalue weighted by atomic mass is 10.3. The van der Waals surface area contributed by atoms with E-state index >= 15 is 0 Å². The van der Waals surface area contributed by atoms with Gasteiger partial charge in [0.2, 0.25) is 10.0 Å². The second-order valence-electron chi connectivity index (χ2n) is 3.78. The van der Waals surface area contributed by atoms with Gasteiger partial charge in [-0.05, 0) is 31.2 Å². The number of rotatable bonds is 4. The molecule has 6 nitrogen and oxygen atoms in total. The Kier molecular flexibility index (Phi) is 3.35. The minimum absolute atomic E-state index is 0.0947. The van der Waals surface area contributed by atoms with Crippen LogP contribution < -0.4 is 10.5 Å². The zero-order valence-electron chi connectivity index (χ0n) is 9.87. The first-order chi connectivity index (χ1) is 8.49. The molecule has 7 heteroatoms. The number of aryl methyl sites for hydroxylation is 1. The maximum atomic E-state index is 11.1. The Labute approximate surface area is 105 Å². The monoisotopic (exact) mass is 266 g/mol. The predicted octanol–water partition coefficient (Wildman–Crippen LogP) is 1.29. The van der Waals surface area contributed by atoms with Gasteiger partial charge in [0.05, 0.1) is 16.8 Å². The molecule has 1 aromatic carbocycles. The molecule has 1 heterocycles. The van der Waals surface area contributed by atoms with Gasteiger partial charge in [-0.2, -0.15) is 5.10 Å². The molecule has 3 N–H and O–H groups in total. The van der Waals surface area contributed by atoms with E-state index in [9.17, 15) is 8.42 Å². The van der Waals surface area contributed by atoms with Gasteiger partial charge in [0.25, 0.3) is 0 Å². The number of nitrogens with zero attached hydrogens (tertiary/aromatic N) is 2. The van der Waals surface area contributed by atoms with Crippen LogP contribution in [-0.4, -0.2) is 18.2 Å². The third kappa shape index (κ3) is 2.88. The van der Waals surface area contributed by atoms with Crippen molar-refractivity contribution < 1.29 is 8.42 Å². The van der Waals surface area contributed by atoms with Crippen LogP contribution in [0.25, 0.3) is 0 Å². The lowest BCUT2D eigenvalue weighted by Crippen LogP contribution is -2.11. The Bertz CT molecular complexity index is 631. The summed E-state index contributed by atoms with van der Waals surface area (Å²) in [6, 6.07) is 6.23. The van der Waals surface area contributed by atoms with Crippen LogP contribution in [0.1, 0.15) is 6.92 Å². The van der Waals surface area contributed by atoms with Gasteiger partial charge in [-0.25, -0.2) is 13.6 Å². The molecule has 2 aromatic rings. The number of sulfonamides is 1. The van der Waals surface area contributed by atoms with E-state index in [2.05, 4.69) is 10.4 Å². The summed E-state index contributed by atoms with van der Waals surface area (Å²) < 4.78 is 24.0. The summed E-state index contributed by atoms with van der Waals surface area (Å²) in [7, 11) is -3.64. The fourth-order valence-electron chi connectivity index (χ4n) is 1.50. The standard InChI is InChI=1S/C11H14N4O2S/c1-2-15-8-10(7-13-15)14-9-3-5-11(6-4-9)18(12,16)17/h3-8,14H,2H2,1H3,(H2,12,16,17). The SMILES string of the molecule is CCn1cc(Nc2ccc(S(N)(=O)=O)cc2)cn1. The molecule has 0 spiro atoms. The highest BCUT2D eigenvalue weighted by Gasteiger charge is 2.06. The van der Waals surface area contributed by atoms with Gasteiger partial charge in [-0.1, -0.05) is 0 Å². The maximum Gasteiger partial charge on any atom is 0.238 e. The fraction of sp³-hybridized carbons (Fsp3) is 0.182. The lowest BCUT2D eigenvalue weighted by Gasteiger charge is -2.04. The molecule has 0 bridgehead atoms. The molecule has 1 aromatic heterocycles. The van der Waals surface area contributed by atoms with Crippen molar-refractivity contribution in [3.05, 3.63) is 36.7 Å². The third-order valence-electron chi connectivity index (χ3n) is 2.43. The van der Waals surface area contributed by atoms with Crippen molar-refractivity contribution in [1.29, 1.82) is 0 Å². The van der Waals surface area contributed by atoms with E-state index in [4.69, 9.17) is 5.14 Å². The molecule has 0 saturated heterocycles. The van der Waals surface area contributed by atoms with Gasteiger partial charge < -0.3 is 5.32 Å². The van der Waals surface area contributed by atoms with Crippen LogP contribution in [0.5, 0.6) is 0 Å². The van der Waals surface area contributed by atoms with Crippen molar-refractivity contribution in [2.24, 2.45) is 5.14 Å². The quantitative estimate of drug-likeness (QED) is 0.872. The first-order valence-corrected chi connectivity index (χ1v) is 6.96. The largest absolute Gasteiger partial charge is 0.353 e. The van der Waals surface area contributed by atoms with Crippen LogP contribution in [0, 0.1) is 0 Å². The molecule has 18 heavy (non-hydrogen) atoms. The van der Waals surface area contributed by atoms with Crippen molar-refractivity contribution in [3.8, 4) is 0 Å². The van der Waals surface area contributed by atoms with E-state index in [-0.39, 0.29) is 4.90 Å². The molecule has 0 atom stereocenters. The Morgan fingerprint density at radius 1 is 1.28 bits per heavy atom. The molecule has 0 aliphatic heterocycles. The van der Waals surface area contributed by atoms with Crippen LogP contribution in [0.2, 0.25) is 0 Å². The zero-order valence-corrected chi connectivity index (χ0v) is 10.7. The summed E-state index contributed by atoms with van der Waals surface area (Å²) in [5, 5.41) is 12.3. The summed E-state index contributed by atoms with van der Waals surface area (Å²) in [5.41, 5.74) is 1.62. The number of aromatic nitrogens is 2. The summed E-state index contributed by atoms with van der Waals surface area (Å²) in [5.74, 6) is 0. The minimum Gasteiger partial charge on any atom is -0.353 e. The Hall–Kier alpha value is -1.86. The summed E-state index contributed by atoms with van der Waals surface area (Å²) in [6.07, 6.45) is 3.57. The van der Waals surface area contributed by atoms with Gasteiger partial charge in [0.15, 0.2) is 0 Å². The van der Waals surface area contributed by atoms with E-state index in [1.54, 1.807) is 23.0 Å². The number of nitrogens with two attached hydrogens (primary N) is 1. The molecular weight excluding hydrogens is 252 g/mol. The van der Waals surface area contributed by atoms with Crippen molar-refractivity contribution in [2.75, 3.05) is 5.32 Å². The number of primary sulfonamides is 1. The first-order valence-electron chi connectivity index (χ1n) is 5.41. The Morgan fingerprint density at radius 2 is 1.94 bits per heavy atom. The zero-order chi connectivity index (χ0) is 13.2. The van der Waals surface area contributed by atoms with E-state index in [0.29, 0.717) is 0 Å². The topological polar surface area (TPSA) is 90.0 Å². The Morgan fingerprint density at radius 3 is 2.44 bits per heavy atom. The van der Waals surface area contributed by atoms with Crippen LogP contribution in [0.4, 0.5) is 11.4 Å². The summed E-state index contributed by atoms with van der Waals surface area (Å²) in [4.78, 5) is 0.0947. The van der Waals surface area contributed by atoms with Crippen molar-refractivity contribution in [3.63, 3.8) is 0 Å². The molecule has 2 rings (SSSR count). The van der Waals surface area contributed by atoms with E-state index in [1.165, 1.54) is 12.1 Å². The second-order valence-corrected chi connectivity index (χ2v) is 5.34. The van der Waals surface area contributed by atoms with E-state index in [0.717, 1.165) is 17.9 Å². The van der Waals surface area contributed by atoms with Crippen molar-refractivity contribution in [2.45, 2.75) is 18.4 Å². The number of nitrogens with one attached hydrogen (secondary N) is 1. The van der Waals surface area contributed by atoms with Crippen LogP contribution in [0.3, 0.4) is 0 Å². The molecule has 0 aliphatic carbocycles. The van der Waals surface area contributed by atoms with Gasteiger partial charge in [0.1, 0.15) is 0 Å². The normalized spacial score (nSPS) is 11.4. The van der Waals surface area contributed by atoms with E-state index < -0.39 is 10.0 Å². The van der Waals surface area contributed by atoms with Gasteiger partial charge in [-0.15, -0.1) is 0 Å². The van der Waals surface area contributed by atoms with Gasteiger partial charge in [-0.3, -0.25) is 4.68 Å². The summed E-state index contributed by atoms with van der Waals surface area (Å²) in [6.45, 7) is 2.80. The molecule has 0 saturated carbocycles. The fourth-order valence-corrected chi connectivity index (χ4v) is 2.01. The number of hydrogen-bond acceptors (Lipinski definition) is 4. The van der Waals surface area contributed by atoms with Crippen LogP contribution >= 0.6 is 0 Å². The molecule has 0 amide bonds. The number of anilines is 2. The molecular formula is C11H14N4O2S. The average Bonchev–Trinajstić information content (AvgIpc) is 2.76.